The average molecular weight is 417 g/mol. The number of carbonyl (C=O) groups is 2. The van der Waals surface area contributed by atoms with E-state index in [1.165, 1.54) is 11.3 Å². The van der Waals surface area contributed by atoms with Crippen LogP contribution in [0.1, 0.15) is 31.7 Å². The summed E-state index contributed by atoms with van der Waals surface area (Å²) >= 11 is 1.38. The third-order valence-electron chi connectivity index (χ3n) is 4.86. The van der Waals surface area contributed by atoms with Gasteiger partial charge in [0.15, 0.2) is 0 Å². The van der Waals surface area contributed by atoms with Gasteiger partial charge in [-0.15, -0.1) is 10.2 Å². The SMILES string of the molecule is CCCCc1nnc(NC(=O)C(C)NC(=O)N2CCN(c3ccccc3)CC2)s1. The average Bonchev–Trinajstić information content (AvgIpc) is 3.20. The zero-order valence-corrected chi connectivity index (χ0v) is 17.7. The van der Waals surface area contributed by atoms with Crippen molar-refractivity contribution in [3.05, 3.63) is 35.3 Å². The second-order valence-electron chi connectivity index (χ2n) is 7.07. The molecule has 3 rings (SSSR count). The number of hydrogen-bond donors (Lipinski definition) is 2. The summed E-state index contributed by atoms with van der Waals surface area (Å²) in [4.78, 5) is 28.9. The normalized spacial score (nSPS) is 15.1. The van der Waals surface area contributed by atoms with Gasteiger partial charge in [-0.1, -0.05) is 42.9 Å². The summed E-state index contributed by atoms with van der Waals surface area (Å²) in [6.07, 6.45) is 3.00. The summed E-state index contributed by atoms with van der Waals surface area (Å²) in [6, 6.07) is 9.29. The maximum atomic E-state index is 12.5. The van der Waals surface area contributed by atoms with Crippen molar-refractivity contribution in [3.63, 3.8) is 0 Å². The summed E-state index contributed by atoms with van der Waals surface area (Å²) in [7, 11) is 0. The molecule has 0 aliphatic carbocycles. The predicted octanol–water partition coefficient (Wildman–Crippen LogP) is 2.74. The van der Waals surface area contributed by atoms with Crippen LogP contribution in [0.3, 0.4) is 0 Å². The first-order valence-electron chi connectivity index (χ1n) is 10.1. The Morgan fingerprint density at radius 3 is 2.55 bits per heavy atom. The van der Waals surface area contributed by atoms with Crippen LogP contribution in [0, 0.1) is 0 Å². The number of hydrogen-bond acceptors (Lipinski definition) is 6. The number of urea groups is 1. The number of aromatic nitrogens is 2. The van der Waals surface area contributed by atoms with E-state index < -0.39 is 6.04 Å². The summed E-state index contributed by atoms with van der Waals surface area (Å²) in [6.45, 7) is 6.56. The van der Waals surface area contributed by atoms with E-state index in [1.807, 2.05) is 18.2 Å². The monoisotopic (exact) mass is 416 g/mol. The van der Waals surface area contributed by atoms with Crippen LogP contribution in [0.25, 0.3) is 0 Å². The van der Waals surface area contributed by atoms with Gasteiger partial charge in [0.2, 0.25) is 11.0 Å². The smallest absolute Gasteiger partial charge is 0.318 e. The van der Waals surface area contributed by atoms with Crippen molar-refractivity contribution in [2.45, 2.75) is 39.2 Å². The van der Waals surface area contributed by atoms with E-state index in [-0.39, 0.29) is 11.9 Å². The van der Waals surface area contributed by atoms with Crippen molar-refractivity contribution in [3.8, 4) is 0 Å². The molecule has 2 aromatic rings. The van der Waals surface area contributed by atoms with Crippen molar-refractivity contribution < 1.29 is 9.59 Å². The topological polar surface area (TPSA) is 90.5 Å². The summed E-state index contributed by atoms with van der Waals surface area (Å²) in [5.74, 6) is -0.292. The third-order valence-corrected chi connectivity index (χ3v) is 5.76. The van der Waals surface area contributed by atoms with Crippen LogP contribution in [0.4, 0.5) is 15.6 Å². The van der Waals surface area contributed by atoms with Crippen molar-refractivity contribution in [1.29, 1.82) is 0 Å². The standard InChI is InChI=1S/C20H28N6O2S/c1-3-4-10-17-23-24-19(29-17)22-18(27)15(2)21-20(28)26-13-11-25(12-14-26)16-8-6-5-7-9-16/h5-9,15H,3-4,10-14H2,1-2H3,(H,21,28)(H,22,24,27). The van der Waals surface area contributed by atoms with E-state index in [2.05, 4.69) is 44.8 Å². The summed E-state index contributed by atoms with van der Waals surface area (Å²) in [5, 5.41) is 15.0. The van der Waals surface area contributed by atoms with Crippen LogP contribution in [0.15, 0.2) is 30.3 Å². The van der Waals surface area contributed by atoms with Gasteiger partial charge in [-0.25, -0.2) is 4.79 Å². The molecule has 1 aromatic heterocycles. The Hall–Kier alpha value is -2.68. The lowest BCUT2D eigenvalue weighted by molar-refractivity contribution is -0.117. The Labute approximate surface area is 175 Å². The van der Waals surface area contributed by atoms with Crippen molar-refractivity contribution >= 4 is 34.1 Å². The molecule has 0 bridgehead atoms. The fourth-order valence-electron chi connectivity index (χ4n) is 3.10. The fourth-order valence-corrected chi connectivity index (χ4v) is 3.88. The second-order valence-corrected chi connectivity index (χ2v) is 8.14. The number of anilines is 2. The lowest BCUT2D eigenvalue weighted by Crippen LogP contribution is -2.54. The molecule has 9 heteroatoms. The maximum absolute atomic E-state index is 12.5. The Kier molecular flexibility index (Phi) is 7.40. The van der Waals surface area contributed by atoms with Gasteiger partial charge in [0.25, 0.3) is 0 Å². The van der Waals surface area contributed by atoms with E-state index in [4.69, 9.17) is 0 Å². The van der Waals surface area contributed by atoms with Gasteiger partial charge in [-0.2, -0.15) is 0 Å². The van der Waals surface area contributed by atoms with Gasteiger partial charge in [0.1, 0.15) is 11.0 Å². The molecule has 0 saturated carbocycles. The third kappa shape index (κ3) is 5.90. The van der Waals surface area contributed by atoms with Gasteiger partial charge in [-0.3, -0.25) is 10.1 Å². The van der Waals surface area contributed by atoms with Gasteiger partial charge in [0.05, 0.1) is 0 Å². The van der Waals surface area contributed by atoms with E-state index in [0.29, 0.717) is 18.2 Å². The first-order valence-corrected chi connectivity index (χ1v) is 10.9. The Morgan fingerprint density at radius 2 is 1.86 bits per heavy atom. The number of nitrogens with zero attached hydrogens (tertiary/aromatic N) is 4. The first kappa shape index (κ1) is 21.0. The van der Waals surface area contributed by atoms with Crippen LogP contribution >= 0.6 is 11.3 Å². The molecule has 1 atom stereocenters. The van der Waals surface area contributed by atoms with E-state index in [1.54, 1.807) is 11.8 Å². The quantitative estimate of drug-likeness (QED) is 0.724. The van der Waals surface area contributed by atoms with Crippen LogP contribution in [-0.4, -0.2) is 59.3 Å². The second kappa shape index (κ2) is 10.2. The molecular formula is C20H28N6O2S. The largest absolute Gasteiger partial charge is 0.368 e. The maximum Gasteiger partial charge on any atom is 0.318 e. The number of benzene rings is 1. The summed E-state index contributed by atoms with van der Waals surface area (Å²) < 4.78 is 0. The lowest BCUT2D eigenvalue weighted by atomic mass is 10.2. The molecule has 0 spiro atoms. The van der Waals surface area contributed by atoms with Crippen molar-refractivity contribution in [1.82, 2.24) is 20.4 Å². The number of carbonyl (C=O) groups excluding carboxylic acids is 2. The molecule has 8 nitrogen and oxygen atoms in total. The van der Waals surface area contributed by atoms with E-state index in [9.17, 15) is 9.59 Å². The highest BCUT2D eigenvalue weighted by molar-refractivity contribution is 7.15. The van der Waals surface area contributed by atoms with E-state index >= 15 is 0 Å². The number of unbranched alkanes of at least 4 members (excludes halogenated alkanes) is 1. The minimum Gasteiger partial charge on any atom is -0.368 e. The molecule has 3 amide bonds. The molecule has 156 valence electrons. The fraction of sp³-hybridized carbons (Fsp3) is 0.500. The molecule has 1 aliphatic rings. The van der Waals surface area contributed by atoms with Gasteiger partial charge in [0, 0.05) is 38.3 Å². The van der Waals surface area contributed by atoms with Crippen LogP contribution in [0.2, 0.25) is 0 Å². The Balaban J connectivity index is 1.44. The molecule has 1 saturated heterocycles. The number of piperazine rings is 1. The van der Waals surface area contributed by atoms with Crippen LogP contribution in [0.5, 0.6) is 0 Å². The number of para-hydroxylation sites is 1. The lowest BCUT2D eigenvalue weighted by Gasteiger charge is -2.36. The highest BCUT2D eigenvalue weighted by Crippen LogP contribution is 2.18. The van der Waals surface area contributed by atoms with Crippen LogP contribution in [-0.2, 0) is 11.2 Å². The Morgan fingerprint density at radius 1 is 1.14 bits per heavy atom. The predicted molar refractivity (Wildman–Crippen MR) is 115 cm³/mol. The number of aryl methyl sites for hydroxylation is 1. The first-order chi connectivity index (χ1) is 14.1. The highest BCUT2D eigenvalue weighted by atomic mass is 32.1. The Bertz CT molecular complexity index is 804. The molecule has 2 N–H and O–H groups in total. The minimum atomic E-state index is -0.655. The number of amides is 3. The zero-order chi connectivity index (χ0) is 20.6. The number of rotatable bonds is 7. The van der Waals surface area contributed by atoms with Crippen molar-refractivity contribution in [2.24, 2.45) is 0 Å². The number of nitrogens with one attached hydrogen (secondary N) is 2. The van der Waals surface area contributed by atoms with Crippen molar-refractivity contribution in [2.75, 3.05) is 36.4 Å². The zero-order valence-electron chi connectivity index (χ0n) is 16.9. The van der Waals surface area contributed by atoms with Crippen LogP contribution < -0.4 is 15.5 Å². The van der Waals surface area contributed by atoms with Gasteiger partial charge in [-0.05, 0) is 25.5 Å². The molecule has 1 unspecified atom stereocenters. The minimum absolute atomic E-state index is 0.221. The molecule has 29 heavy (non-hydrogen) atoms. The molecule has 1 aromatic carbocycles. The van der Waals surface area contributed by atoms with Gasteiger partial charge >= 0.3 is 6.03 Å². The highest BCUT2D eigenvalue weighted by Gasteiger charge is 2.24. The molecule has 2 heterocycles. The van der Waals surface area contributed by atoms with Gasteiger partial charge < -0.3 is 15.1 Å². The van der Waals surface area contributed by atoms with E-state index in [0.717, 1.165) is 43.0 Å². The molecule has 1 aliphatic heterocycles. The molecule has 1 fully saturated rings. The molecular weight excluding hydrogens is 388 g/mol. The molecule has 0 radical (unpaired) electrons. The summed E-state index contributed by atoms with van der Waals surface area (Å²) in [5.41, 5.74) is 1.16.